The summed E-state index contributed by atoms with van der Waals surface area (Å²) in [6.07, 6.45) is 0.149. The Balaban J connectivity index is 1.67. The van der Waals surface area contributed by atoms with Crippen LogP contribution in [0.1, 0.15) is 37.9 Å². The van der Waals surface area contributed by atoms with Crippen molar-refractivity contribution in [1.29, 1.82) is 0 Å². The maximum absolute atomic E-state index is 12.4. The highest BCUT2D eigenvalue weighted by Gasteiger charge is 2.32. The third-order valence-corrected chi connectivity index (χ3v) is 5.96. The summed E-state index contributed by atoms with van der Waals surface area (Å²) in [4.78, 5) is 36.2. The van der Waals surface area contributed by atoms with Gasteiger partial charge < -0.3 is 39.4 Å². The average Bonchev–Trinajstić information content (AvgIpc) is 2.95. The largest absolute Gasteiger partial charge is 0.490 e. The number of nitrogens with zero attached hydrogens (tertiary/aromatic N) is 1. The Morgan fingerprint density at radius 1 is 1.10 bits per heavy atom. The van der Waals surface area contributed by atoms with Gasteiger partial charge in [0, 0.05) is 16.3 Å². The minimum absolute atomic E-state index is 0.213. The second-order valence-electron chi connectivity index (χ2n) is 8.69. The first-order chi connectivity index (χ1) is 20.2. The molecule has 13 nitrogen and oxygen atoms in total. The number of halogens is 1. The van der Waals surface area contributed by atoms with Crippen LogP contribution in [0.5, 0.6) is 17.2 Å². The van der Waals surface area contributed by atoms with Crippen LogP contribution in [0, 0.1) is 0 Å². The van der Waals surface area contributed by atoms with Gasteiger partial charge in [-0.15, -0.1) is 0 Å². The topological polar surface area (TPSA) is 166 Å². The molecular formula is C28H33ClN4O9. The fourth-order valence-electron chi connectivity index (χ4n) is 3.91. The molecule has 0 aliphatic carbocycles. The molecule has 2 amide bonds. The number of allylic oxidation sites excluding steroid dienone is 1. The second-order valence-corrected chi connectivity index (χ2v) is 9.13. The Labute approximate surface area is 247 Å². The minimum Gasteiger partial charge on any atom is -0.490 e. The zero-order valence-electron chi connectivity index (χ0n) is 23.6. The van der Waals surface area contributed by atoms with Gasteiger partial charge in [0.25, 0.3) is 0 Å². The van der Waals surface area contributed by atoms with Crippen molar-refractivity contribution < 1.29 is 43.2 Å². The van der Waals surface area contributed by atoms with E-state index in [1.807, 2.05) is 0 Å². The van der Waals surface area contributed by atoms with Crippen LogP contribution in [0.4, 0.5) is 4.79 Å². The molecule has 1 heterocycles. The van der Waals surface area contributed by atoms with Crippen molar-refractivity contribution in [2.45, 2.75) is 33.0 Å². The Hall–Kier alpha value is -4.49. The molecule has 0 bridgehead atoms. The number of hydrogen-bond acceptors (Lipinski definition) is 11. The zero-order chi connectivity index (χ0) is 30.6. The van der Waals surface area contributed by atoms with Crippen LogP contribution in [0.15, 0.2) is 52.8 Å². The third kappa shape index (κ3) is 8.75. The number of hydrazone groups is 1. The van der Waals surface area contributed by atoms with Crippen molar-refractivity contribution in [1.82, 2.24) is 16.1 Å². The molecule has 1 aliphatic rings. The maximum Gasteiger partial charge on any atom is 0.344 e. The van der Waals surface area contributed by atoms with Crippen LogP contribution >= 0.6 is 11.6 Å². The zero-order valence-corrected chi connectivity index (χ0v) is 24.3. The van der Waals surface area contributed by atoms with E-state index in [1.54, 1.807) is 57.2 Å². The number of aliphatic hydroxyl groups excluding tert-OH is 1. The lowest BCUT2D eigenvalue weighted by Gasteiger charge is -2.28. The number of hydrogen-bond donors (Lipinski definition) is 4. The molecule has 0 spiro atoms. The number of amides is 2. The summed E-state index contributed by atoms with van der Waals surface area (Å²) in [6, 6.07) is 8.44. The van der Waals surface area contributed by atoms with E-state index in [-0.39, 0.29) is 25.4 Å². The summed E-state index contributed by atoms with van der Waals surface area (Å²) in [5.41, 5.74) is 4.18. The molecule has 0 unspecified atom stereocenters. The molecular weight excluding hydrogens is 572 g/mol. The summed E-state index contributed by atoms with van der Waals surface area (Å²) < 4.78 is 26.7. The molecule has 3 rings (SSSR count). The predicted octanol–water partition coefficient (Wildman–Crippen LogP) is 2.80. The molecule has 4 N–H and O–H groups in total. The average molecular weight is 605 g/mol. The summed E-state index contributed by atoms with van der Waals surface area (Å²) in [7, 11) is 1.26. The van der Waals surface area contributed by atoms with Crippen molar-refractivity contribution >= 4 is 35.8 Å². The van der Waals surface area contributed by atoms with E-state index in [0.29, 0.717) is 45.7 Å². The van der Waals surface area contributed by atoms with Crippen molar-refractivity contribution in [3.8, 4) is 17.2 Å². The van der Waals surface area contributed by atoms with E-state index in [2.05, 4.69) is 21.2 Å². The molecule has 0 aromatic heterocycles. The Bertz CT molecular complexity index is 1350. The van der Waals surface area contributed by atoms with E-state index in [0.717, 1.165) is 0 Å². The van der Waals surface area contributed by atoms with Gasteiger partial charge in [0.05, 0.1) is 38.2 Å². The minimum atomic E-state index is -1.22. The standard InChI is InChI=1S/C28H33ClN4O9/c1-5-39-22-12-17(26-25(27(36)38-4)16(3)31-28(37)32-26)7-9-21(22)41-14-23(34)33-30-13-18-11-19(29)8-10-20(18)42-15-24(35)40-6-2/h7-13,23,26,33-34H,5-6,14-15H2,1-4H3,(H2,31,32,37)/b30-13+/t23-,26+/m1/s1. The molecule has 226 valence electrons. The number of nitrogens with one attached hydrogen (secondary N) is 3. The van der Waals surface area contributed by atoms with Gasteiger partial charge in [-0.2, -0.15) is 5.10 Å². The molecule has 1 aliphatic heterocycles. The smallest absolute Gasteiger partial charge is 0.344 e. The van der Waals surface area contributed by atoms with E-state index >= 15 is 0 Å². The number of ether oxygens (including phenoxy) is 5. The Morgan fingerprint density at radius 2 is 1.86 bits per heavy atom. The highest BCUT2D eigenvalue weighted by Crippen LogP contribution is 2.35. The van der Waals surface area contributed by atoms with Crippen LogP contribution in [-0.2, 0) is 19.1 Å². The normalized spacial score (nSPS) is 15.4. The van der Waals surface area contributed by atoms with Crippen molar-refractivity contribution in [2.24, 2.45) is 5.10 Å². The fraction of sp³-hybridized carbons (Fsp3) is 0.357. The lowest BCUT2D eigenvalue weighted by molar-refractivity contribution is -0.145. The van der Waals surface area contributed by atoms with Gasteiger partial charge in [-0.25, -0.2) is 14.4 Å². The van der Waals surface area contributed by atoms with Crippen molar-refractivity contribution in [3.63, 3.8) is 0 Å². The second kappa shape index (κ2) is 15.5. The SMILES string of the molecule is CCOC(=O)COc1ccc(Cl)cc1/C=N/N[C@H](O)COc1ccc([C@@H]2NC(=O)NC(C)=C2C(=O)OC)cc1OCC. The number of carbonyl (C=O) groups is 3. The van der Waals surface area contributed by atoms with E-state index in [1.165, 1.54) is 13.3 Å². The molecule has 2 aromatic rings. The number of carbonyl (C=O) groups excluding carboxylic acids is 3. The molecule has 2 atom stereocenters. The Kier molecular flexibility index (Phi) is 11.8. The third-order valence-electron chi connectivity index (χ3n) is 5.72. The highest BCUT2D eigenvalue weighted by atomic mass is 35.5. The predicted molar refractivity (Wildman–Crippen MR) is 153 cm³/mol. The summed E-state index contributed by atoms with van der Waals surface area (Å²) in [5, 5.41) is 20.1. The van der Waals surface area contributed by atoms with E-state index in [4.69, 9.17) is 35.3 Å². The van der Waals surface area contributed by atoms with Gasteiger partial charge in [0.15, 0.2) is 24.3 Å². The Morgan fingerprint density at radius 3 is 2.57 bits per heavy atom. The number of esters is 2. The number of aliphatic hydroxyl groups is 1. The number of methoxy groups -OCH3 is 1. The van der Waals surface area contributed by atoms with Gasteiger partial charge in [-0.3, -0.25) is 5.43 Å². The highest BCUT2D eigenvalue weighted by molar-refractivity contribution is 6.30. The summed E-state index contributed by atoms with van der Waals surface area (Å²) in [5.74, 6) is -0.112. The van der Waals surface area contributed by atoms with Crippen molar-refractivity contribution in [3.05, 3.63) is 63.8 Å². The number of urea groups is 1. The summed E-state index contributed by atoms with van der Waals surface area (Å²) >= 11 is 6.07. The van der Waals surface area contributed by atoms with Crippen LogP contribution in [0.25, 0.3) is 0 Å². The van der Waals surface area contributed by atoms with E-state index < -0.39 is 30.2 Å². The lowest BCUT2D eigenvalue weighted by atomic mass is 9.95. The fourth-order valence-corrected chi connectivity index (χ4v) is 4.09. The van der Waals surface area contributed by atoms with E-state index in [9.17, 15) is 19.5 Å². The molecule has 42 heavy (non-hydrogen) atoms. The van der Waals surface area contributed by atoms with Crippen LogP contribution < -0.4 is 30.3 Å². The molecule has 0 saturated heterocycles. The van der Waals surface area contributed by atoms with Gasteiger partial charge in [0.2, 0.25) is 0 Å². The first-order valence-electron chi connectivity index (χ1n) is 13.0. The van der Waals surface area contributed by atoms with Crippen LogP contribution in [0.3, 0.4) is 0 Å². The number of rotatable bonds is 14. The summed E-state index contributed by atoms with van der Waals surface area (Å²) in [6.45, 7) is 5.14. The first-order valence-corrected chi connectivity index (χ1v) is 13.3. The lowest BCUT2D eigenvalue weighted by Crippen LogP contribution is -2.45. The molecule has 0 saturated carbocycles. The van der Waals surface area contributed by atoms with Gasteiger partial charge in [-0.1, -0.05) is 17.7 Å². The quantitative estimate of drug-likeness (QED) is 0.109. The number of benzene rings is 2. The molecule has 0 fully saturated rings. The monoisotopic (exact) mass is 604 g/mol. The van der Waals surface area contributed by atoms with Crippen molar-refractivity contribution in [2.75, 3.05) is 33.5 Å². The first kappa shape index (κ1) is 32.0. The van der Waals surface area contributed by atoms with Gasteiger partial charge >= 0.3 is 18.0 Å². The van der Waals surface area contributed by atoms with Gasteiger partial charge in [0.1, 0.15) is 12.4 Å². The van der Waals surface area contributed by atoms with Gasteiger partial charge in [-0.05, 0) is 56.7 Å². The van der Waals surface area contributed by atoms with Crippen LogP contribution in [-0.4, -0.2) is 69.1 Å². The maximum atomic E-state index is 12.4. The molecule has 14 heteroatoms. The molecule has 2 aromatic carbocycles. The molecule has 0 radical (unpaired) electrons. The van der Waals surface area contributed by atoms with Crippen LogP contribution in [0.2, 0.25) is 5.02 Å².